The van der Waals surface area contributed by atoms with Gasteiger partial charge in [0.2, 0.25) is 0 Å². The highest BCUT2D eigenvalue weighted by Gasteiger charge is 2.18. The fraction of sp³-hybridized carbons (Fsp3) is 0.905. The highest BCUT2D eigenvalue weighted by molar-refractivity contribution is 6.13. The van der Waals surface area contributed by atoms with Crippen LogP contribution in [-0.2, 0) is 19.1 Å². The van der Waals surface area contributed by atoms with E-state index in [4.69, 9.17) is 9.47 Å². The van der Waals surface area contributed by atoms with Crippen LogP contribution in [0.25, 0.3) is 0 Å². The monoisotopic (exact) mass is 649 g/mol. The molecule has 0 amide bonds. The van der Waals surface area contributed by atoms with E-state index in [-0.39, 0.29) is 5.57 Å². The maximum Gasteiger partial charge on any atom is 0.344 e. The van der Waals surface area contributed by atoms with Gasteiger partial charge in [-0.2, -0.15) is 0 Å². The second-order valence-corrected chi connectivity index (χ2v) is 14.1. The van der Waals surface area contributed by atoms with Crippen molar-refractivity contribution in [2.45, 2.75) is 232 Å². The van der Waals surface area contributed by atoms with Gasteiger partial charge in [-0.25, -0.2) is 9.59 Å². The Balaban J connectivity index is 3.38. The number of rotatable bonds is 38. The maximum absolute atomic E-state index is 12.1. The van der Waals surface area contributed by atoms with Gasteiger partial charge < -0.3 is 9.47 Å². The first kappa shape index (κ1) is 44.7. The van der Waals surface area contributed by atoms with Gasteiger partial charge in [-0.15, -0.1) is 0 Å². The molecule has 0 aromatic heterocycles. The van der Waals surface area contributed by atoms with Crippen LogP contribution in [0.4, 0.5) is 0 Å². The van der Waals surface area contributed by atoms with Crippen molar-refractivity contribution in [2.75, 3.05) is 13.2 Å². The quantitative estimate of drug-likeness (QED) is 0.0220. The Bertz CT molecular complexity index is 604. The van der Waals surface area contributed by atoms with E-state index < -0.39 is 11.9 Å². The number of carbonyl (C=O) groups excluding carboxylic acids is 2. The van der Waals surface area contributed by atoms with Crippen LogP contribution in [0.3, 0.4) is 0 Å². The molecule has 0 bridgehead atoms. The van der Waals surface area contributed by atoms with Gasteiger partial charge in [0.1, 0.15) is 5.57 Å². The van der Waals surface area contributed by atoms with Crippen molar-refractivity contribution in [1.82, 2.24) is 0 Å². The van der Waals surface area contributed by atoms with Crippen LogP contribution in [0.15, 0.2) is 12.2 Å². The summed E-state index contributed by atoms with van der Waals surface area (Å²) in [6.45, 7) is 8.86. The molecular weight excluding hydrogens is 568 g/mol. The molecule has 0 atom stereocenters. The second kappa shape index (κ2) is 38.1. The van der Waals surface area contributed by atoms with Crippen molar-refractivity contribution >= 4 is 11.9 Å². The first-order valence-electron chi connectivity index (χ1n) is 20.7. The molecule has 0 aliphatic rings. The summed E-state index contributed by atoms with van der Waals surface area (Å²) < 4.78 is 10.5. The van der Waals surface area contributed by atoms with Crippen LogP contribution in [0.1, 0.15) is 232 Å². The molecule has 272 valence electrons. The predicted octanol–water partition coefficient (Wildman–Crippen LogP) is 13.9. The van der Waals surface area contributed by atoms with E-state index in [0.717, 1.165) is 25.7 Å². The van der Waals surface area contributed by atoms with Crippen LogP contribution in [-0.4, -0.2) is 25.2 Å². The summed E-state index contributed by atoms with van der Waals surface area (Å²) in [6, 6.07) is 0. The van der Waals surface area contributed by atoms with Gasteiger partial charge in [0.15, 0.2) is 0 Å². The number of carbonyl (C=O) groups is 2. The van der Waals surface area contributed by atoms with Gasteiger partial charge in [0, 0.05) is 0 Å². The topological polar surface area (TPSA) is 52.6 Å². The van der Waals surface area contributed by atoms with Crippen LogP contribution in [0, 0.1) is 0 Å². The molecule has 0 radical (unpaired) electrons. The highest BCUT2D eigenvalue weighted by atomic mass is 16.6. The summed E-state index contributed by atoms with van der Waals surface area (Å²) in [4.78, 5) is 24.3. The molecule has 0 fully saturated rings. The molecule has 0 unspecified atom stereocenters. The van der Waals surface area contributed by atoms with E-state index >= 15 is 0 Å². The third-order valence-corrected chi connectivity index (χ3v) is 9.45. The molecule has 0 aromatic carbocycles. The lowest BCUT2D eigenvalue weighted by Gasteiger charge is -2.08. The molecule has 0 saturated heterocycles. The first-order valence-corrected chi connectivity index (χ1v) is 20.7. The van der Waals surface area contributed by atoms with E-state index in [1.807, 2.05) is 0 Å². The Morgan fingerprint density at radius 1 is 0.326 bits per heavy atom. The van der Waals surface area contributed by atoms with Crippen molar-refractivity contribution < 1.29 is 19.1 Å². The molecule has 4 nitrogen and oxygen atoms in total. The van der Waals surface area contributed by atoms with E-state index in [1.54, 1.807) is 0 Å². The van der Waals surface area contributed by atoms with Gasteiger partial charge in [0.05, 0.1) is 13.2 Å². The molecule has 46 heavy (non-hydrogen) atoms. The Kier molecular flexibility index (Phi) is 37.0. The maximum atomic E-state index is 12.1. The van der Waals surface area contributed by atoms with Gasteiger partial charge in [-0.05, 0) is 12.8 Å². The fourth-order valence-electron chi connectivity index (χ4n) is 6.24. The fourth-order valence-corrected chi connectivity index (χ4v) is 6.24. The van der Waals surface area contributed by atoms with Crippen LogP contribution in [0.2, 0.25) is 0 Å². The summed E-state index contributed by atoms with van der Waals surface area (Å²) in [5, 5.41) is 0. The standard InChI is InChI=1S/C42H80O4/c1-4-6-8-10-12-14-16-18-20-22-24-26-28-30-32-34-36-38-45-41(43)40(3)42(44)46-39-37-35-33-31-29-27-25-23-21-19-17-15-13-11-9-7-5-2/h3-39H2,1-2H3. The summed E-state index contributed by atoms with van der Waals surface area (Å²) in [7, 11) is 0. The number of ether oxygens (including phenoxy) is 2. The van der Waals surface area contributed by atoms with Crippen molar-refractivity contribution in [3.63, 3.8) is 0 Å². The molecule has 0 saturated carbocycles. The third kappa shape index (κ3) is 34.0. The van der Waals surface area contributed by atoms with E-state index in [2.05, 4.69) is 20.4 Å². The summed E-state index contributed by atoms with van der Waals surface area (Å²) in [5.41, 5.74) is -0.182. The predicted molar refractivity (Wildman–Crippen MR) is 199 cm³/mol. The van der Waals surface area contributed by atoms with Crippen molar-refractivity contribution in [3.05, 3.63) is 12.2 Å². The van der Waals surface area contributed by atoms with Gasteiger partial charge >= 0.3 is 11.9 Å². The SMILES string of the molecule is C=C(C(=O)OCCCCCCCCCCCCCCCCCCC)C(=O)OCCCCCCCCCCCCCCCCCCC. The molecular formula is C42H80O4. The zero-order valence-electron chi connectivity index (χ0n) is 31.3. The average molecular weight is 649 g/mol. The van der Waals surface area contributed by atoms with Crippen molar-refractivity contribution in [1.29, 1.82) is 0 Å². The lowest BCUT2D eigenvalue weighted by atomic mass is 10.0. The molecule has 0 aliphatic heterocycles. The lowest BCUT2D eigenvalue weighted by molar-refractivity contribution is -0.147. The smallest absolute Gasteiger partial charge is 0.344 e. The number of hydrogen-bond acceptors (Lipinski definition) is 4. The first-order chi connectivity index (χ1) is 22.6. The Morgan fingerprint density at radius 3 is 0.696 bits per heavy atom. The Labute approximate surface area is 288 Å². The van der Waals surface area contributed by atoms with Gasteiger partial charge in [-0.3, -0.25) is 0 Å². The molecule has 4 heteroatoms. The summed E-state index contributed by atoms with van der Waals surface area (Å²) in [6.07, 6.45) is 44.8. The minimum Gasteiger partial charge on any atom is -0.462 e. The lowest BCUT2D eigenvalue weighted by Crippen LogP contribution is -2.18. The molecule has 0 aliphatic carbocycles. The van der Waals surface area contributed by atoms with Crippen LogP contribution < -0.4 is 0 Å². The molecule has 0 spiro atoms. The van der Waals surface area contributed by atoms with Crippen LogP contribution in [0.5, 0.6) is 0 Å². The number of esters is 2. The van der Waals surface area contributed by atoms with E-state index in [9.17, 15) is 9.59 Å². The molecule has 0 aromatic rings. The molecule has 0 N–H and O–H groups in total. The van der Waals surface area contributed by atoms with Crippen LogP contribution >= 0.6 is 0 Å². The molecule has 0 heterocycles. The number of hydrogen-bond donors (Lipinski definition) is 0. The second-order valence-electron chi connectivity index (χ2n) is 14.1. The Hall–Kier alpha value is -1.32. The highest BCUT2D eigenvalue weighted by Crippen LogP contribution is 2.16. The third-order valence-electron chi connectivity index (χ3n) is 9.45. The number of unbranched alkanes of at least 4 members (excludes halogenated alkanes) is 32. The minimum absolute atomic E-state index is 0.182. The van der Waals surface area contributed by atoms with E-state index in [0.29, 0.717) is 13.2 Å². The summed E-state index contributed by atoms with van der Waals surface area (Å²) in [5.74, 6) is -1.27. The van der Waals surface area contributed by atoms with Crippen molar-refractivity contribution in [2.24, 2.45) is 0 Å². The zero-order valence-corrected chi connectivity index (χ0v) is 31.3. The summed E-state index contributed by atoms with van der Waals surface area (Å²) >= 11 is 0. The average Bonchev–Trinajstić information content (AvgIpc) is 3.06. The largest absolute Gasteiger partial charge is 0.462 e. The normalized spacial score (nSPS) is 11.2. The minimum atomic E-state index is -0.635. The zero-order chi connectivity index (χ0) is 33.6. The van der Waals surface area contributed by atoms with Gasteiger partial charge in [-0.1, -0.05) is 226 Å². The van der Waals surface area contributed by atoms with E-state index in [1.165, 1.54) is 193 Å². The molecule has 0 rings (SSSR count). The van der Waals surface area contributed by atoms with Crippen molar-refractivity contribution in [3.8, 4) is 0 Å². The Morgan fingerprint density at radius 2 is 0.500 bits per heavy atom. The van der Waals surface area contributed by atoms with Gasteiger partial charge in [0.25, 0.3) is 0 Å².